The van der Waals surface area contributed by atoms with Crippen LogP contribution in [0, 0.1) is 0 Å². The van der Waals surface area contributed by atoms with Gasteiger partial charge in [-0.15, -0.1) is 0 Å². The predicted octanol–water partition coefficient (Wildman–Crippen LogP) is 31.9. The van der Waals surface area contributed by atoms with Crippen molar-refractivity contribution in [2.24, 2.45) is 0 Å². The highest BCUT2D eigenvalue weighted by atomic mass is 16.3. The van der Waals surface area contributed by atoms with Gasteiger partial charge in [0.05, 0.1) is 85.1 Å². The summed E-state index contributed by atoms with van der Waals surface area (Å²) in [6, 6.07) is 135. The van der Waals surface area contributed by atoms with Gasteiger partial charge in [-0.3, -0.25) is 0 Å². The number of aromatic nitrogens is 5. The summed E-state index contributed by atoms with van der Waals surface area (Å²) in [6.45, 7) is 18.6. The fourth-order valence-corrected chi connectivity index (χ4v) is 22.3. The van der Waals surface area contributed by atoms with E-state index in [4.69, 9.17) is 8.83 Å². The maximum atomic E-state index is 5.77. The lowest BCUT2D eigenvalue weighted by Gasteiger charge is -2.42. The van der Waals surface area contributed by atoms with Gasteiger partial charge in [0.25, 0.3) is 0 Å². The van der Waals surface area contributed by atoms with Gasteiger partial charge in [0.1, 0.15) is 12.5 Å². The first kappa shape index (κ1) is 75.7. The van der Waals surface area contributed by atoms with Crippen LogP contribution >= 0.6 is 0 Å². The van der Waals surface area contributed by atoms with Gasteiger partial charge in [-0.05, 0) is 195 Å². The van der Waals surface area contributed by atoms with E-state index >= 15 is 0 Å². The zero-order valence-corrected chi connectivity index (χ0v) is 73.1. The monoisotopic (exact) mass is 1660 g/mol. The minimum absolute atomic E-state index is 0.0635. The molecule has 4 aliphatic heterocycles. The molecule has 4 aliphatic rings. The average molecular weight is 1660 g/mol. The Morgan fingerprint density at radius 1 is 0.209 bits per heavy atom. The molecule has 27 rings (SSSR count). The fourth-order valence-electron chi connectivity index (χ4n) is 22.3. The number of para-hydroxylation sites is 10. The second-order valence-electron chi connectivity index (χ2n) is 37.3. The number of fused-ring (bicyclic) bond motifs is 20. The molecule has 0 spiro atoms. The Kier molecular flexibility index (Phi) is 16.6. The van der Waals surface area contributed by atoms with Crippen molar-refractivity contribution >= 4 is 121 Å². The molecule has 23 aromatic rings. The molecule has 0 unspecified atom stereocenters. The smallest absolute Gasteiger partial charge is 0.115 e. The highest BCUT2D eigenvalue weighted by Gasteiger charge is 2.42. The van der Waals surface area contributed by atoms with E-state index in [1.807, 2.05) is 25.1 Å². The molecule has 0 amide bonds. The summed E-state index contributed by atoms with van der Waals surface area (Å²) in [6.07, 6.45) is 12.3. The van der Waals surface area contributed by atoms with E-state index in [2.05, 4.69) is 470 Å². The number of hydrogen-bond donors (Lipinski definition) is 0. The normalized spacial score (nSPS) is 14.3. The molecule has 0 fully saturated rings. The SMILES string of the molecule is CC1(C)c2ccccc2N(c2ccc(-c3ccc4c(c3)c3cccc5c3n4-c3cocc3C5(C)C)cc2)c2ccccc21.CC1(C)c2cn(-c3ccccc3)cc2-n2c3ccc(-c4ccc(-n5c6ccccc6c6ccccc65)cc4)cc3c3cccc1c32.CC1(C)c2cocc2-n2c3ccc(-c4ccc(N(c5ccccc5)c5ccccc5)cc4)cc3c3cccc1c32. The van der Waals surface area contributed by atoms with Crippen LogP contribution < -0.4 is 9.80 Å². The van der Waals surface area contributed by atoms with Crippen LogP contribution in [0.2, 0.25) is 0 Å². The summed E-state index contributed by atoms with van der Waals surface area (Å²) >= 11 is 0. The minimum Gasteiger partial charge on any atom is -0.470 e. The summed E-state index contributed by atoms with van der Waals surface area (Å²) in [5, 5.41) is 10.3. The van der Waals surface area contributed by atoms with Crippen LogP contribution in [0.1, 0.15) is 99.9 Å². The quantitative estimate of drug-likeness (QED) is 0.145. The van der Waals surface area contributed by atoms with Crippen molar-refractivity contribution in [2.45, 2.75) is 77.0 Å². The molecule has 129 heavy (non-hydrogen) atoms. The Bertz CT molecular complexity index is 8330. The van der Waals surface area contributed by atoms with Crippen molar-refractivity contribution in [3.05, 3.63) is 452 Å². The first-order valence-corrected chi connectivity index (χ1v) is 44.9. The van der Waals surface area contributed by atoms with Crippen molar-refractivity contribution in [1.29, 1.82) is 0 Å². The van der Waals surface area contributed by atoms with Gasteiger partial charge in [0.2, 0.25) is 0 Å². The molecular weight excluding hydrogens is 1570 g/mol. The Morgan fingerprint density at radius 3 is 0.992 bits per heavy atom. The lowest BCUT2D eigenvalue weighted by molar-refractivity contribution is 0.550. The fraction of sp³-hybridized carbons (Fsp3) is 0.100. The largest absolute Gasteiger partial charge is 0.470 e. The molecule has 11 heterocycles. The number of rotatable bonds is 9. The molecule has 7 aromatic heterocycles. The first-order valence-electron chi connectivity index (χ1n) is 44.9. The second-order valence-corrected chi connectivity index (χ2v) is 37.3. The van der Waals surface area contributed by atoms with Gasteiger partial charge in [-0.2, -0.15) is 0 Å². The van der Waals surface area contributed by atoms with E-state index in [1.165, 1.54) is 199 Å². The molecule has 0 saturated heterocycles. The van der Waals surface area contributed by atoms with Crippen molar-refractivity contribution in [3.8, 4) is 61.8 Å². The summed E-state index contributed by atoms with van der Waals surface area (Å²) in [7, 11) is 0. The molecule has 0 radical (unpaired) electrons. The van der Waals surface area contributed by atoms with E-state index in [1.54, 1.807) is 0 Å². The van der Waals surface area contributed by atoms with Gasteiger partial charge in [-0.1, -0.05) is 292 Å². The number of anilines is 6. The van der Waals surface area contributed by atoms with Gasteiger partial charge >= 0.3 is 0 Å². The van der Waals surface area contributed by atoms with Crippen LogP contribution in [0.25, 0.3) is 149 Å². The average Bonchev–Trinajstić information content (AvgIpc) is 1.52. The number of furan rings is 2. The first-order chi connectivity index (χ1) is 63.0. The van der Waals surface area contributed by atoms with E-state index in [0.29, 0.717) is 0 Å². The molecule has 9 heteroatoms. The molecule has 0 N–H and O–H groups in total. The van der Waals surface area contributed by atoms with Crippen LogP contribution in [0.4, 0.5) is 34.1 Å². The van der Waals surface area contributed by atoms with E-state index in [-0.39, 0.29) is 21.7 Å². The van der Waals surface area contributed by atoms with Gasteiger partial charge in [-0.25, -0.2) is 0 Å². The lowest BCUT2D eigenvalue weighted by atomic mass is 9.73. The van der Waals surface area contributed by atoms with Gasteiger partial charge in [0, 0.05) is 128 Å². The van der Waals surface area contributed by atoms with Crippen molar-refractivity contribution < 1.29 is 8.83 Å². The van der Waals surface area contributed by atoms with E-state index in [0.717, 1.165) is 28.4 Å². The third-order valence-electron chi connectivity index (χ3n) is 28.9. The highest BCUT2D eigenvalue weighted by molar-refractivity contribution is 6.16. The summed E-state index contributed by atoms with van der Waals surface area (Å²) in [5.74, 6) is 0. The Morgan fingerprint density at radius 2 is 0.543 bits per heavy atom. The minimum atomic E-state index is -0.120. The van der Waals surface area contributed by atoms with E-state index in [9.17, 15) is 0 Å². The van der Waals surface area contributed by atoms with Gasteiger partial charge < -0.3 is 41.5 Å². The molecular formula is C120H91N7O2. The topological polar surface area (TPSA) is 57.4 Å². The third-order valence-corrected chi connectivity index (χ3v) is 28.9. The molecule has 16 aromatic carbocycles. The summed E-state index contributed by atoms with van der Waals surface area (Å²) in [4.78, 5) is 4.71. The maximum absolute atomic E-state index is 5.77. The Balaban J connectivity index is 0.000000105. The van der Waals surface area contributed by atoms with Crippen LogP contribution in [0.5, 0.6) is 0 Å². The van der Waals surface area contributed by atoms with Crippen molar-refractivity contribution in [1.82, 2.24) is 22.8 Å². The molecule has 0 saturated carbocycles. The maximum Gasteiger partial charge on any atom is 0.115 e. The molecule has 0 aliphatic carbocycles. The van der Waals surface area contributed by atoms with Crippen LogP contribution in [-0.4, -0.2) is 22.8 Å². The predicted molar refractivity (Wildman–Crippen MR) is 535 cm³/mol. The highest BCUT2D eigenvalue weighted by Crippen LogP contribution is 2.56. The van der Waals surface area contributed by atoms with Crippen molar-refractivity contribution in [3.63, 3.8) is 0 Å². The zero-order chi connectivity index (χ0) is 86.5. The van der Waals surface area contributed by atoms with E-state index < -0.39 is 0 Å². The molecule has 618 valence electrons. The Labute approximate surface area is 748 Å². The Hall–Kier alpha value is -15.8. The zero-order valence-electron chi connectivity index (χ0n) is 73.1. The molecule has 9 nitrogen and oxygen atoms in total. The third kappa shape index (κ3) is 11.3. The number of nitrogens with zero attached hydrogens (tertiary/aromatic N) is 7. The summed E-state index contributed by atoms with van der Waals surface area (Å²) < 4.78 is 23.4. The van der Waals surface area contributed by atoms with Gasteiger partial charge in [0.15, 0.2) is 0 Å². The number of hydrogen-bond acceptors (Lipinski definition) is 4. The second kappa shape index (κ2) is 28.3. The van der Waals surface area contributed by atoms with Crippen molar-refractivity contribution in [2.75, 3.05) is 9.80 Å². The molecule has 0 atom stereocenters. The summed E-state index contributed by atoms with van der Waals surface area (Å²) in [5.41, 5.74) is 40.4. The number of benzene rings is 16. The van der Waals surface area contributed by atoms with Crippen LogP contribution in [0.3, 0.4) is 0 Å². The van der Waals surface area contributed by atoms with Crippen LogP contribution in [0.15, 0.2) is 416 Å². The lowest BCUT2D eigenvalue weighted by Crippen LogP contribution is -2.30. The molecule has 0 bridgehead atoms. The standard InChI is InChI=1S/C43H31N3.C40H32N2O.C37H28N2O/c1-43(2)36-16-10-15-34-35-25-29(21-24-40(35)46(42(34)36)41-27-44(26-37(41)43)30-11-4-3-5-12-30)28-19-22-31(23-20-28)45-38-17-8-6-13-32(38)33-14-7-9-18-39(33)45;1-39(2)30-11-5-7-14-35(30)41(36-15-8-6-12-31(36)39)27-19-16-25(17-20-27)26-18-21-34-29(22-26)28-10-9-13-32-38(28)42(34)37-24-43-23-33(37)40(32,3)4;1-37(2)32-15-9-14-30-31-22-26(18-21-34(31)39(36(30)32)35-24-40-23-33(35)37)25-16-19-29(20-17-25)38(27-10-5-3-6-11-27)28-12-7-4-8-13-28/h3-27H,1-2H3;5-24H,1-4H3;3-24H,1-2H3. The van der Waals surface area contributed by atoms with Crippen LogP contribution in [-0.2, 0) is 21.7 Å².